The zero-order valence-electron chi connectivity index (χ0n) is 14.7. The van der Waals surface area contributed by atoms with E-state index < -0.39 is 0 Å². The molecule has 2 aliphatic heterocycles. The normalized spacial score (nSPS) is 26.4. The Morgan fingerprint density at radius 2 is 2.00 bits per heavy atom. The highest BCUT2D eigenvalue weighted by molar-refractivity contribution is 6.30. The lowest BCUT2D eigenvalue weighted by molar-refractivity contribution is -0.203. The Balaban J connectivity index is 1.35. The van der Waals surface area contributed by atoms with E-state index >= 15 is 0 Å². The second-order valence-corrected chi connectivity index (χ2v) is 8.20. The van der Waals surface area contributed by atoms with Crippen molar-refractivity contribution in [2.45, 2.75) is 31.0 Å². The van der Waals surface area contributed by atoms with Gasteiger partial charge in [0.1, 0.15) is 11.6 Å². The zero-order chi connectivity index (χ0) is 17.4. The van der Waals surface area contributed by atoms with Gasteiger partial charge in [0.2, 0.25) is 5.91 Å². The van der Waals surface area contributed by atoms with Crippen molar-refractivity contribution in [3.63, 3.8) is 0 Å². The van der Waals surface area contributed by atoms with Crippen LogP contribution in [0.1, 0.15) is 18.4 Å². The summed E-state index contributed by atoms with van der Waals surface area (Å²) in [7, 11) is 1.71. The quantitative estimate of drug-likeness (QED) is 0.865. The molecule has 2 saturated heterocycles. The van der Waals surface area contributed by atoms with Gasteiger partial charge >= 0.3 is 0 Å². The van der Waals surface area contributed by atoms with E-state index in [0.717, 1.165) is 43.7 Å². The van der Waals surface area contributed by atoms with Gasteiger partial charge in [-0.1, -0.05) is 23.7 Å². The predicted molar refractivity (Wildman–Crippen MR) is 97.6 cm³/mol. The monoisotopic (exact) mass is 363 g/mol. The molecule has 1 saturated carbocycles. The molecule has 136 valence electrons. The Bertz CT molecular complexity index is 626. The topological polar surface area (TPSA) is 44.8 Å². The van der Waals surface area contributed by atoms with Crippen LogP contribution in [0.25, 0.3) is 0 Å². The Labute approximate surface area is 154 Å². The molecule has 1 aromatic carbocycles. The van der Waals surface area contributed by atoms with Crippen LogP contribution in [0.15, 0.2) is 24.3 Å². The molecule has 6 heteroatoms. The number of ether oxygens (including phenoxy) is 1. The number of nitrogens with zero attached hydrogens (tertiary/aromatic N) is 2. The number of benzene rings is 1. The molecule has 0 unspecified atom stereocenters. The predicted octanol–water partition coefficient (Wildman–Crippen LogP) is 1.75. The first-order chi connectivity index (χ1) is 12.1. The molecule has 1 aliphatic carbocycles. The molecule has 1 atom stereocenters. The number of nitrogens with one attached hydrogen (secondary N) is 1. The van der Waals surface area contributed by atoms with Gasteiger partial charge in [0.25, 0.3) is 0 Å². The standard InChI is InChI=1S/C19H26ClN3O2/c1-21-18(24)17-10-25-19(13-23(17)9-15-2-3-15)11-22(12-19)8-14-4-6-16(20)7-5-14/h4-7,15,17H,2-3,8-13H2,1H3,(H,21,24)/t17-/m1/s1. The molecular weight excluding hydrogens is 338 g/mol. The molecule has 1 N–H and O–H groups in total. The number of halogens is 1. The van der Waals surface area contributed by atoms with E-state index in [1.807, 2.05) is 12.1 Å². The van der Waals surface area contributed by atoms with Gasteiger partial charge in [-0.15, -0.1) is 0 Å². The molecule has 0 bridgehead atoms. The van der Waals surface area contributed by atoms with Crippen molar-refractivity contribution >= 4 is 17.5 Å². The number of likely N-dealkylation sites (tertiary alicyclic amines) is 1. The summed E-state index contributed by atoms with van der Waals surface area (Å²) in [5, 5.41) is 3.56. The second kappa shape index (κ2) is 6.88. The van der Waals surface area contributed by atoms with E-state index in [2.05, 4.69) is 27.2 Å². The lowest BCUT2D eigenvalue weighted by atomic mass is 9.89. The van der Waals surface area contributed by atoms with E-state index in [0.29, 0.717) is 6.61 Å². The second-order valence-electron chi connectivity index (χ2n) is 7.77. The number of hydrogen-bond donors (Lipinski definition) is 1. The molecule has 1 spiro atoms. The number of carbonyl (C=O) groups excluding carboxylic acids is 1. The Hall–Kier alpha value is -1.14. The van der Waals surface area contributed by atoms with E-state index in [-0.39, 0.29) is 17.6 Å². The van der Waals surface area contributed by atoms with E-state index in [1.165, 1.54) is 18.4 Å². The molecule has 0 radical (unpaired) electrons. The van der Waals surface area contributed by atoms with E-state index in [1.54, 1.807) is 7.05 Å². The van der Waals surface area contributed by atoms with Gasteiger partial charge in [0.05, 0.1) is 6.61 Å². The lowest BCUT2D eigenvalue weighted by Gasteiger charge is -2.55. The van der Waals surface area contributed by atoms with Crippen LogP contribution in [-0.4, -0.2) is 67.2 Å². The lowest BCUT2D eigenvalue weighted by Crippen LogP contribution is -2.72. The third kappa shape index (κ3) is 3.85. The van der Waals surface area contributed by atoms with Gasteiger partial charge in [0.15, 0.2) is 0 Å². The maximum atomic E-state index is 12.2. The van der Waals surface area contributed by atoms with Crippen LogP contribution >= 0.6 is 11.6 Å². The summed E-state index contributed by atoms with van der Waals surface area (Å²) < 4.78 is 6.19. The molecule has 3 aliphatic rings. The molecule has 1 aromatic rings. The minimum absolute atomic E-state index is 0.0767. The Kier molecular flexibility index (Phi) is 4.75. The van der Waals surface area contributed by atoms with Crippen molar-refractivity contribution in [2.24, 2.45) is 5.92 Å². The highest BCUT2D eigenvalue weighted by Gasteiger charge is 2.50. The van der Waals surface area contributed by atoms with E-state index in [4.69, 9.17) is 16.3 Å². The Morgan fingerprint density at radius 1 is 1.28 bits per heavy atom. The molecule has 3 fully saturated rings. The first kappa shape index (κ1) is 17.3. The summed E-state index contributed by atoms with van der Waals surface area (Å²) in [4.78, 5) is 16.9. The largest absolute Gasteiger partial charge is 0.369 e. The maximum Gasteiger partial charge on any atom is 0.239 e. The van der Waals surface area contributed by atoms with Crippen molar-refractivity contribution in [1.29, 1.82) is 0 Å². The van der Waals surface area contributed by atoms with Gasteiger partial charge < -0.3 is 10.1 Å². The van der Waals surface area contributed by atoms with Gasteiger partial charge in [-0.05, 0) is 36.5 Å². The summed E-state index contributed by atoms with van der Waals surface area (Å²) in [5.74, 6) is 0.848. The number of rotatable bonds is 5. The molecule has 25 heavy (non-hydrogen) atoms. The number of carbonyl (C=O) groups is 1. The van der Waals surface area contributed by atoms with Crippen LogP contribution < -0.4 is 5.32 Å². The number of morpholine rings is 1. The van der Waals surface area contributed by atoms with E-state index in [9.17, 15) is 4.79 Å². The fourth-order valence-electron chi connectivity index (χ4n) is 4.04. The summed E-state index contributed by atoms with van der Waals surface area (Å²) in [6, 6.07) is 7.90. The summed E-state index contributed by atoms with van der Waals surface area (Å²) in [6.07, 6.45) is 2.60. The van der Waals surface area contributed by atoms with Gasteiger partial charge in [-0.3, -0.25) is 14.6 Å². The first-order valence-electron chi connectivity index (χ1n) is 9.13. The number of hydrogen-bond acceptors (Lipinski definition) is 4. The van der Waals surface area contributed by atoms with Crippen molar-refractivity contribution in [3.8, 4) is 0 Å². The molecule has 4 rings (SSSR count). The van der Waals surface area contributed by atoms with Gasteiger partial charge in [0, 0.05) is 44.8 Å². The van der Waals surface area contributed by atoms with Gasteiger partial charge in [-0.2, -0.15) is 0 Å². The minimum atomic E-state index is -0.137. The zero-order valence-corrected chi connectivity index (χ0v) is 15.5. The third-order valence-corrected chi connectivity index (χ3v) is 5.81. The van der Waals surface area contributed by atoms with Gasteiger partial charge in [-0.25, -0.2) is 0 Å². The van der Waals surface area contributed by atoms with Crippen molar-refractivity contribution in [3.05, 3.63) is 34.9 Å². The van der Waals surface area contributed by atoms with Crippen molar-refractivity contribution < 1.29 is 9.53 Å². The highest BCUT2D eigenvalue weighted by Crippen LogP contribution is 2.36. The summed E-state index contributed by atoms with van der Waals surface area (Å²) >= 11 is 5.95. The fraction of sp³-hybridized carbons (Fsp3) is 0.632. The van der Waals surface area contributed by atoms with Crippen molar-refractivity contribution in [2.75, 3.05) is 39.8 Å². The maximum absolute atomic E-state index is 12.2. The van der Waals surface area contributed by atoms with Crippen molar-refractivity contribution in [1.82, 2.24) is 15.1 Å². The number of likely N-dealkylation sites (N-methyl/N-ethyl adjacent to an activating group) is 1. The minimum Gasteiger partial charge on any atom is -0.369 e. The molecule has 2 heterocycles. The smallest absolute Gasteiger partial charge is 0.239 e. The molecule has 5 nitrogen and oxygen atoms in total. The average Bonchev–Trinajstić information content (AvgIpc) is 3.39. The van der Waals surface area contributed by atoms with Crippen LogP contribution in [0.3, 0.4) is 0 Å². The molecule has 0 aromatic heterocycles. The van der Waals surface area contributed by atoms with Crippen LogP contribution in [0, 0.1) is 5.92 Å². The third-order valence-electron chi connectivity index (χ3n) is 5.56. The highest BCUT2D eigenvalue weighted by atomic mass is 35.5. The van der Waals surface area contributed by atoms with Crippen LogP contribution in [0.2, 0.25) is 5.02 Å². The summed E-state index contributed by atoms with van der Waals surface area (Å²) in [5.41, 5.74) is 1.17. The van der Waals surface area contributed by atoms with Crippen LogP contribution in [0.4, 0.5) is 0 Å². The number of amides is 1. The average molecular weight is 364 g/mol. The van der Waals surface area contributed by atoms with Crippen LogP contribution in [-0.2, 0) is 16.1 Å². The van der Waals surface area contributed by atoms with Crippen LogP contribution in [0.5, 0.6) is 0 Å². The fourth-order valence-corrected chi connectivity index (χ4v) is 4.16. The summed E-state index contributed by atoms with van der Waals surface area (Å²) in [6.45, 7) is 5.17. The first-order valence-corrected chi connectivity index (χ1v) is 9.51. The molecular formula is C19H26ClN3O2. The molecule has 1 amide bonds. The Morgan fingerprint density at radius 3 is 2.64 bits per heavy atom. The SMILES string of the molecule is CNC(=O)[C@H]1COC2(CN(Cc3ccc(Cl)cc3)C2)CN1CC1CC1.